The first-order chi connectivity index (χ1) is 15.8. The fraction of sp³-hybridized carbons (Fsp3) is 0.391. The summed E-state index contributed by atoms with van der Waals surface area (Å²) in [6, 6.07) is 11.2. The highest BCUT2D eigenvalue weighted by atomic mass is 32.2. The maximum Gasteiger partial charge on any atom is 0.338 e. The van der Waals surface area contributed by atoms with Gasteiger partial charge in [0.1, 0.15) is 13.2 Å². The number of benzene rings is 2. The molecule has 1 amide bonds. The molecule has 178 valence electrons. The van der Waals surface area contributed by atoms with Gasteiger partial charge < -0.3 is 19.5 Å². The van der Waals surface area contributed by atoms with Gasteiger partial charge in [0, 0.05) is 19.6 Å². The molecule has 9 nitrogen and oxygen atoms in total. The van der Waals surface area contributed by atoms with Gasteiger partial charge >= 0.3 is 5.97 Å². The molecule has 0 fully saturated rings. The number of nitrogens with zero attached hydrogens (tertiary/aromatic N) is 1. The van der Waals surface area contributed by atoms with E-state index in [1.54, 1.807) is 13.8 Å². The Balaban J connectivity index is 1.49. The summed E-state index contributed by atoms with van der Waals surface area (Å²) in [5.41, 5.74) is 1.04. The molecule has 0 saturated heterocycles. The summed E-state index contributed by atoms with van der Waals surface area (Å²) in [7, 11) is -3.70. The summed E-state index contributed by atoms with van der Waals surface area (Å²) >= 11 is 0. The zero-order valence-electron chi connectivity index (χ0n) is 18.7. The predicted molar refractivity (Wildman–Crippen MR) is 121 cm³/mol. The summed E-state index contributed by atoms with van der Waals surface area (Å²) in [4.78, 5) is 24.4. The maximum atomic E-state index is 12.6. The van der Waals surface area contributed by atoms with Crippen molar-refractivity contribution in [3.8, 4) is 11.5 Å². The molecule has 33 heavy (non-hydrogen) atoms. The van der Waals surface area contributed by atoms with E-state index in [4.69, 9.17) is 14.2 Å². The molecule has 0 radical (unpaired) electrons. The maximum absolute atomic E-state index is 12.6. The van der Waals surface area contributed by atoms with Gasteiger partial charge in [0.05, 0.1) is 10.5 Å². The normalized spacial score (nSPS) is 12.9. The van der Waals surface area contributed by atoms with E-state index in [9.17, 15) is 18.0 Å². The number of hydrogen-bond acceptors (Lipinski definition) is 7. The fourth-order valence-corrected chi connectivity index (χ4v) is 4.86. The van der Waals surface area contributed by atoms with Crippen molar-refractivity contribution in [2.24, 2.45) is 0 Å². The minimum atomic E-state index is -3.70. The molecule has 10 heteroatoms. The van der Waals surface area contributed by atoms with Crippen molar-refractivity contribution in [1.29, 1.82) is 0 Å². The van der Waals surface area contributed by atoms with Gasteiger partial charge in [-0.2, -0.15) is 4.31 Å². The Labute approximate surface area is 193 Å². The van der Waals surface area contributed by atoms with E-state index in [1.807, 2.05) is 18.2 Å². The molecule has 0 unspecified atom stereocenters. The largest absolute Gasteiger partial charge is 0.486 e. The smallest absolute Gasteiger partial charge is 0.338 e. The van der Waals surface area contributed by atoms with Gasteiger partial charge in [0.15, 0.2) is 18.1 Å². The molecule has 0 bridgehead atoms. The number of fused-ring (bicyclic) bond motifs is 1. The number of ether oxygens (including phenoxy) is 3. The minimum Gasteiger partial charge on any atom is -0.486 e. The number of carbonyl (C=O) groups excluding carboxylic acids is 2. The quantitative estimate of drug-likeness (QED) is 0.522. The van der Waals surface area contributed by atoms with Crippen LogP contribution in [-0.2, 0) is 26.0 Å². The number of rotatable bonds is 10. The number of hydrogen-bond donors (Lipinski definition) is 1. The number of sulfonamides is 1. The van der Waals surface area contributed by atoms with Gasteiger partial charge in [-0.3, -0.25) is 4.79 Å². The van der Waals surface area contributed by atoms with Crippen molar-refractivity contribution in [2.75, 3.05) is 39.5 Å². The van der Waals surface area contributed by atoms with Crippen LogP contribution in [0.4, 0.5) is 0 Å². The van der Waals surface area contributed by atoms with Crippen LogP contribution in [0.15, 0.2) is 47.4 Å². The minimum absolute atomic E-state index is 0.00420. The van der Waals surface area contributed by atoms with Crippen molar-refractivity contribution in [3.63, 3.8) is 0 Å². The monoisotopic (exact) mass is 476 g/mol. The number of nitrogens with one attached hydrogen (secondary N) is 1. The third-order valence-electron chi connectivity index (χ3n) is 5.09. The van der Waals surface area contributed by atoms with Crippen LogP contribution < -0.4 is 14.8 Å². The number of amides is 1. The van der Waals surface area contributed by atoms with Crippen LogP contribution in [-0.4, -0.2) is 64.1 Å². The Bertz CT molecular complexity index is 1100. The van der Waals surface area contributed by atoms with Gasteiger partial charge in [-0.05, 0) is 42.3 Å². The van der Waals surface area contributed by atoms with Gasteiger partial charge in [-0.15, -0.1) is 0 Å². The van der Waals surface area contributed by atoms with Gasteiger partial charge in [0.2, 0.25) is 10.0 Å². The van der Waals surface area contributed by atoms with E-state index >= 15 is 0 Å². The molecule has 1 aliphatic rings. The van der Waals surface area contributed by atoms with Crippen molar-refractivity contribution < 1.29 is 32.2 Å². The summed E-state index contributed by atoms with van der Waals surface area (Å²) in [5.74, 6) is 0.167. The molecule has 1 N–H and O–H groups in total. The van der Waals surface area contributed by atoms with Crippen molar-refractivity contribution >= 4 is 21.9 Å². The Morgan fingerprint density at radius 3 is 2.48 bits per heavy atom. The van der Waals surface area contributed by atoms with Crippen LogP contribution in [0.5, 0.6) is 11.5 Å². The van der Waals surface area contributed by atoms with Crippen molar-refractivity contribution in [2.45, 2.75) is 25.2 Å². The Morgan fingerprint density at radius 1 is 1.03 bits per heavy atom. The van der Waals surface area contributed by atoms with E-state index < -0.39 is 28.5 Å². The van der Waals surface area contributed by atoms with E-state index in [2.05, 4.69) is 5.32 Å². The lowest BCUT2D eigenvalue weighted by atomic mass is 10.1. The van der Waals surface area contributed by atoms with E-state index in [1.165, 1.54) is 28.6 Å². The average molecular weight is 477 g/mol. The van der Waals surface area contributed by atoms with Crippen LogP contribution in [0.2, 0.25) is 0 Å². The fourth-order valence-electron chi connectivity index (χ4n) is 3.35. The highest BCUT2D eigenvalue weighted by molar-refractivity contribution is 7.89. The lowest BCUT2D eigenvalue weighted by Crippen LogP contribution is -2.31. The predicted octanol–water partition coefficient (Wildman–Crippen LogP) is 2.00. The molecule has 0 saturated carbocycles. The molecule has 0 spiro atoms. The second kappa shape index (κ2) is 11.2. The highest BCUT2D eigenvalue weighted by Crippen LogP contribution is 2.30. The summed E-state index contributed by atoms with van der Waals surface area (Å²) in [5, 5.41) is 2.69. The van der Waals surface area contributed by atoms with E-state index in [0.717, 1.165) is 5.56 Å². The zero-order chi connectivity index (χ0) is 23.8. The molecule has 1 heterocycles. The first kappa shape index (κ1) is 24.5. The van der Waals surface area contributed by atoms with Crippen LogP contribution >= 0.6 is 0 Å². The van der Waals surface area contributed by atoms with Crippen molar-refractivity contribution in [1.82, 2.24) is 9.62 Å². The summed E-state index contributed by atoms with van der Waals surface area (Å²) < 4.78 is 42.7. The lowest BCUT2D eigenvalue weighted by molar-refractivity contribution is -0.124. The molecule has 0 aromatic heterocycles. The van der Waals surface area contributed by atoms with Crippen LogP contribution in [0, 0.1) is 0 Å². The number of esters is 1. The standard InChI is InChI=1S/C23H28N2O7S/c1-3-25(4-2)33(28,29)19-7-5-6-18(15-19)23(27)32-16-22(26)24-11-10-17-8-9-20-21(14-17)31-13-12-30-20/h5-9,14-15H,3-4,10-13,16H2,1-2H3,(H,24,26). The molecular weight excluding hydrogens is 448 g/mol. The Morgan fingerprint density at radius 2 is 1.76 bits per heavy atom. The van der Waals surface area contributed by atoms with Crippen molar-refractivity contribution in [3.05, 3.63) is 53.6 Å². The highest BCUT2D eigenvalue weighted by Gasteiger charge is 2.23. The summed E-state index contributed by atoms with van der Waals surface area (Å²) in [6.45, 7) is 5.04. The van der Waals surface area contributed by atoms with Gasteiger partial charge in [-0.1, -0.05) is 26.0 Å². The Hall–Kier alpha value is -3.11. The molecule has 0 aliphatic carbocycles. The van der Waals surface area contributed by atoms with Gasteiger partial charge in [0.25, 0.3) is 5.91 Å². The first-order valence-corrected chi connectivity index (χ1v) is 12.2. The molecule has 3 rings (SSSR count). The van der Waals surface area contributed by atoms with Crippen LogP contribution in [0.1, 0.15) is 29.8 Å². The molecular formula is C23H28N2O7S. The van der Waals surface area contributed by atoms with Crippen LogP contribution in [0.3, 0.4) is 0 Å². The second-order valence-electron chi connectivity index (χ2n) is 7.27. The Kier molecular flexibility index (Phi) is 8.29. The molecule has 1 aliphatic heterocycles. The molecule has 2 aromatic rings. The first-order valence-electron chi connectivity index (χ1n) is 10.8. The van der Waals surface area contributed by atoms with E-state index in [-0.39, 0.29) is 10.5 Å². The molecule has 2 aromatic carbocycles. The SMILES string of the molecule is CCN(CC)S(=O)(=O)c1cccc(C(=O)OCC(=O)NCCc2ccc3c(c2)OCCO3)c1. The van der Waals surface area contributed by atoms with Gasteiger partial charge in [-0.25, -0.2) is 13.2 Å². The second-order valence-corrected chi connectivity index (χ2v) is 9.21. The average Bonchev–Trinajstić information content (AvgIpc) is 2.83. The molecule has 0 atom stereocenters. The third-order valence-corrected chi connectivity index (χ3v) is 7.14. The summed E-state index contributed by atoms with van der Waals surface area (Å²) in [6.07, 6.45) is 0.571. The lowest BCUT2D eigenvalue weighted by Gasteiger charge is -2.19. The zero-order valence-corrected chi connectivity index (χ0v) is 19.5. The topological polar surface area (TPSA) is 111 Å². The third kappa shape index (κ3) is 6.23. The number of carbonyl (C=O) groups is 2. The van der Waals surface area contributed by atoms with E-state index in [0.29, 0.717) is 50.8 Å². The van der Waals surface area contributed by atoms with Crippen LogP contribution in [0.25, 0.3) is 0 Å².